The summed E-state index contributed by atoms with van der Waals surface area (Å²) in [5.74, 6) is 0.647. The van der Waals surface area contributed by atoms with Crippen molar-refractivity contribution in [3.8, 4) is 0 Å². The highest BCUT2D eigenvalue weighted by molar-refractivity contribution is 9.10. The molecule has 1 aromatic carbocycles. The molecule has 0 unspecified atom stereocenters. The summed E-state index contributed by atoms with van der Waals surface area (Å²) in [5.41, 5.74) is 7.02. The molecule has 2 aliphatic rings. The van der Waals surface area contributed by atoms with Crippen LogP contribution in [0.2, 0.25) is 0 Å². The number of guanidine groups is 1. The van der Waals surface area contributed by atoms with Crippen LogP contribution in [0.3, 0.4) is 0 Å². The van der Waals surface area contributed by atoms with E-state index in [1.807, 2.05) is 11.0 Å². The van der Waals surface area contributed by atoms with Crippen LogP contribution < -0.4 is 5.73 Å². The van der Waals surface area contributed by atoms with Gasteiger partial charge in [-0.05, 0) is 40.0 Å². The smallest absolute Gasteiger partial charge is 0.191 e. The highest BCUT2D eigenvalue weighted by Gasteiger charge is 2.39. The first-order valence-electron chi connectivity index (χ1n) is 6.76. The monoisotopic (exact) mass is 341 g/mol. The minimum absolute atomic E-state index is 0.179. The predicted octanol–water partition coefficient (Wildman–Crippen LogP) is 2.09. The van der Waals surface area contributed by atoms with Crippen LogP contribution >= 0.6 is 15.9 Å². The van der Waals surface area contributed by atoms with E-state index in [1.54, 1.807) is 12.1 Å². The number of morpholine rings is 1. The normalized spacial score (nSPS) is 26.7. The molecule has 0 aromatic heterocycles. The highest BCUT2D eigenvalue weighted by atomic mass is 79.9. The van der Waals surface area contributed by atoms with Crippen LogP contribution in [0.4, 0.5) is 4.39 Å². The Bertz CT molecular complexity index is 531. The van der Waals surface area contributed by atoms with Crippen molar-refractivity contribution in [2.45, 2.75) is 18.4 Å². The average molecular weight is 342 g/mol. The SMILES string of the molecule is NC(=N[C@@H]1C[C@H]1c1ccc(Br)c(F)c1)N1CCOCC1. The Morgan fingerprint density at radius 2 is 2.15 bits per heavy atom. The van der Waals surface area contributed by atoms with E-state index in [1.165, 1.54) is 0 Å². The molecule has 0 bridgehead atoms. The summed E-state index contributed by atoms with van der Waals surface area (Å²) in [4.78, 5) is 6.60. The second-order valence-corrected chi connectivity index (χ2v) is 6.02. The molecule has 108 valence electrons. The Hall–Kier alpha value is -1.14. The van der Waals surface area contributed by atoms with Crippen LogP contribution in [-0.2, 0) is 4.74 Å². The van der Waals surface area contributed by atoms with Gasteiger partial charge in [0.05, 0.1) is 23.7 Å². The van der Waals surface area contributed by atoms with Gasteiger partial charge in [-0.25, -0.2) is 9.38 Å². The van der Waals surface area contributed by atoms with Crippen LogP contribution in [0.5, 0.6) is 0 Å². The predicted molar refractivity (Wildman–Crippen MR) is 79.3 cm³/mol. The summed E-state index contributed by atoms with van der Waals surface area (Å²) >= 11 is 3.17. The Kier molecular flexibility index (Phi) is 3.94. The van der Waals surface area contributed by atoms with Gasteiger partial charge in [-0.3, -0.25) is 0 Å². The van der Waals surface area contributed by atoms with Crippen LogP contribution in [-0.4, -0.2) is 43.2 Å². The van der Waals surface area contributed by atoms with E-state index < -0.39 is 0 Å². The van der Waals surface area contributed by atoms with Crippen LogP contribution in [0.25, 0.3) is 0 Å². The van der Waals surface area contributed by atoms with Crippen molar-refractivity contribution in [1.82, 2.24) is 4.90 Å². The summed E-state index contributed by atoms with van der Waals surface area (Å²) in [5, 5.41) is 0. The topological polar surface area (TPSA) is 50.8 Å². The second-order valence-electron chi connectivity index (χ2n) is 5.17. The number of aliphatic imine (C=N–C) groups is 1. The number of ether oxygens (including phenoxy) is 1. The van der Waals surface area contributed by atoms with Gasteiger partial charge in [0.2, 0.25) is 0 Å². The quantitative estimate of drug-likeness (QED) is 0.662. The lowest BCUT2D eigenvalue weighted by Crippen LogP contribution is -2.45. The third-order valence-electron chi connectivity index (χ3n) is 3.76. The Morgan fingerprint density at radius 3 is 2.85 bits per heavy atom. The maximum Gasteiger partial charge on any atom is 0.191 e. The number of nitrogens with two attached hydrogens (primary N) is 1. The van der Waals surface area contributed by atoms with Gasteiger partial charge in [-0.15, -0.1) is 0 Å². The van der Waals surface area contributed by atoms with E-state index in [2.05, 4.69) is 20.9 Å². The molecule has 2 fully saturated rings. The number of hydrogen-bond donors (Lipinski definition) is 1. The lowest BCUT2D eigenvalue weighted by molar-refractivity contribution is 0.0674. The molecule has 1 saturated heterocycles. The first-order chi connectivity index (χ1) is 9.65. The minimum atomic E-state index is -0.224. The van der Waals surface area contributed by atoms with Gasteiger partial charge in [0.1, 0.15) is 5.82 Å². The molecule has 1 aliphatic heterocycles. The fourth-order valence-electron chi connectivity index (χ4n) is 2.47. The fraction of sp³-hybridized carbons (Fsp3) is 0.500. The van der Waals surface area contributed by atoms with E-state index in [4.69, 9.17) is 10.5 Å². The van der Waals surface area contributed by atoms with E-state index in [0.29, 0.717) is 23.6 Å². The van der Waals surface area contributed by atoms with E-state index in [0.717, 1.165) is 25.1 Å². The van der Waals surface area contributed by atoms with Crippen molar-refractivity contribution in [1.29, 1.82) is 0 Å². The van der Waals surface area contributed by atoms with E-state index in [9.17, 15) is 4.39 Å². The van der Waals surface area contributed by atoms with Gasteiger partial charge in [0.15, 0.2) is 5.96 Å². The minimum Gasteiger partial charge on any atom is -0.378 e. The molecular weight excluding hydrogens is 325 g/mol. The van der Waals surface area contributed by atoms with Crippen molar-refractivity contribution < 1.29 is 9.13 Å². The summed E-state index contributed by atoms with van der Waals surface area (Å²) in [6, 6.07) is 5.45. The van der Waals surface area contributed by atoms with Crippen molar-refractivity contribution in [3.63, 3.8) is 0 Å². The second kappa shape index (κ2) is 5.69. The molecule has 1 heterocycles. The first kappa shape index (κ1) is 13.8. The van der Waals surface area contributed by atoms with Gasteiger partial charge in [-0.1, -0.05) is 6.07 Å². The number of hydrogen-bond acceptors (Lipinski definition) is 2. The summed E-state index contributed by atoms with van der Waals surface area (Å²) in [6.45, 7) is 2.98. The van der Waals surface area contributed by atoms with Gasteiger partial charge < -0.3 is 15.4 Å². The summed E-state index contributed by atoms with van der Waals surface area (Å²) in [7, 11) is 0. The van der Waals surface area contributed by atoms with Crippen LogP contribution in [0.15, 0.2) is 27.7 Å². The zero-order valence-corrected chi connectivity index (χ0v) is 12.6. The summed E-state index contributed by atoms with van der Waals surface area (Å²) < 4.78 is 19.3. The van der Waals surface area contributed by atoms with Crippen molar-refractivity contribution in [2.75, 3.05) is 26.3 Å². The zero-order chi connectivity index (χ0) is 14.1. The lowest BCUT2D eigenvalue weighted by atomic mass is 10.1. The van der Waals surface area contributed by atoms with Gasteiger partial charge >= 0.3 is 0 Å². The molecule has 1 aromatic rings. The number of rotatable bonds is 2. The first-order valence-corrected chi connectivity index (χ1v) is 7.55. The Balaban J connectivity index is 1.64. The molecule has 0 radical (unpaired) electrons. The van der Waals surface area contributed by atoms with Gasteiger partial charge in [0.25, 0.3) is 0 Å². The Morgan fingerprint density at radius 1 is 1.40 bits per heavy atom. The molecule has 4 nitrogen and oxygen atoms in total. The molecule has 20 heavy (non-hydrogen) atoms. The summed E-state index contributed by atoms with van der Waals surface area (Å²) in [6.07, 6.45) is 0.937. The third-order valence-corrected chi connectivity index (χ3v) is 4.40. The van der Waals surface area contributed by atoms with E-state index in [-0.39, 0.29) is 17.8 Å². The van der Waals surface area contributed by atoms with E-state index >= 15 is 0 Å². The average Bonchev–Trinajstić information content (AvgIpc) is 3.22. The molecule has 6 heteroatoms. The number of nitrogens with zero attached hydrogens (tertiary/aromatic N) is 2. The standard InChI is InChI=1S/C14H17BrFN3O/c15-11-2-1-9(7-12(11)16)10-8-13(10)18-14(17)19-3-5-20-6-4-19/h1-2,7,10,13H,3-6,8H2,(H2,17,18)/t10-,13+/m0/s1. The lowest BCUT2D eigenvalue weighted by Gasteiger charge is -2.27. The molecule has 3 rings (SSSR count). The molecule has 0 spiro atoms. The largest absolute Gasteiger partial charge is 0.378 e. The maximum atomic E-state index is 13.5. The van der Waals surface area contributed by atoms with Crippen molar-refractivity contribution >= 4 is 21.9 Å². The number of halogens is 2. The fourth-order valence-corrected chi connectivity index (χ4v) is 2.72. The molecule has 1 saturated carbocycles. The molecule has 2 atom stereocenters. The molecule has 2 N–H and O–H groups in total. The Labute approximate surface area is 125 Å². The molecule has 0 amide bonds. The molecular formula is C14H17BrFN3O. The zero-order valence-electron chi connectivity index (χ0n) is 11.1. The number of benzene rings is 1. The van der Waals surface area contributed by atoms with Crippen molar-refractivity contribution in [3.05, 3.63) is 34.1 Å². The highest BCUT2D eigenvalue weighted by Crippen LogP contribution is 2.44. The van der Waals surface area contributed by atoms with Gasteiger partial charge in [0, 0.05) is 19.0 Å². The van der Waals surface area contributed by atoms with Crippen LogP contribution in [0, 0.1) is 5.82 Å². The van der Waals surface area contributed by atoms with Gasteiger partial charge in [-0.2, -0.15) is 0 Å². The van der Waals surface area contributed by atoms with Crippen LogP contribution in [0.1, 0.15) is 17.9 Å². The maximum absolute atomic E-state index is 13.5. The third kappa shape index (κ3) is 2.96. The molecule has 1 aliphatic carbocycles. The van der Waals surface area contributed by atoms with Crippen molar-refractivity contribution in [2.24, 2.45) is 10.7 Å².